The molecule has 1 N–H and O–H groups in total. The number of halogens is 1. The third kappa shape index (κ3) is 2.61. The molecule has 7 heteroatoms. The van der Waals surface area contributed by atoms with E-state index in [0.717, 1.165) is 46.8 Å². The molecule has 0 aliphatic carbocycles. The van der Waals surface area contributed by atoms with E-state index in [9.17, 15) is 9.18 Å². The molecule has 1 aromatic heterocycles. The van der Waals surface area contributed by atoms with Crippen molar-refractivity contribution in [2.24, 2.45) is 7.05 Å². The molecule has 2 aliphatic rings. The van der Waals surface area contributed by atoms with Crippen LogP contribution in [0.5, 0.6) is 5.75 Å². The number of β-lactam (4-membered cyclic amide) rings is 1. The first-order valence-electron chi connectivity index (χ1n) is 9.47. The van der Waals surface area contributed by atoms with Crippen LogP contribution in [-0.2, 0) is 11.8 Å². The lowest BCUT2D eigenvalue weighted by Crippen LogP contribution is -2.43. The minimum Gasteiger partial charge on any atom is -0.493 e. The van der Waals surface area contributed by atoms with Crippen LogP contribution in [-0.4, -0.2) is 28.6 Å². The fourth-order valence-electron chi connectivity index (χ4n) is 3.94. The first kappa shape index (κ1) is 17.0. The number of aromatic nitrogens is 2. The number of aryl methyl sites for hydroxylation is 2. The Morgan fingerprint density at radius 1 is 1.29 bits per heavy atom. The Morgan fingerprint density at radius 2 is 2.14 bits per heavy atom. The highest BCUT2D eigenvalue weighted by atomic mass is 19.1. The van der Waals surface area contributed by atoms with Crippen molar-refractivity contribution >= 4 is 28.3 Å². The van der Waals surface area contributed by atoms with E-state index in [4.69, 9.17) is 9.72 Å². The van der Waals surface area contributed by atoms with Crippen molar-refractivity contribution < 1.29 is 13.9 Å². The lowest BCUT2D eigenvalue weighted by atomic mass is 9.99. The number of anilines is 2. The van der Waals surface area contributed by atoms with Gasteiger partial charge in [0.2, 0.25) is 5.91 Å². The fourth-order valence-corrected chi connectivity index (χ4v) is 3.94. The van der Waals surface area contributed by atoms with Gasteiger partial charge in [0.1, 0.15) is 22.9 Å². The van der Waals surface area contributed by atoms with Gasteiger partial charge in [0.15, 0.2) is 0 Å². The van der Waals surface area contributed by atoms with Crippen LogP contribution in [0, 0.1) is 12.7 Å². The number of fused-ring (bicyclic) bond motifs is 2. The molecule has 28 heavy (non-hydrogen) atoms. The molecular formula is C21H21FN4O2. The molecule has 5 rings (SSSR count). The van der Waals surface area contributed by atoms with Crippen LogP contribution in [0.4, 0.5) is 15.8 Å². The van der Waals surface area contributed by atoms with Crippen molar-refractivity contribution in [3.63, 3.8) is 0 Å². The SMILES string of the molecule is Cc1nc2c(NC3CCOc4cc(F)ccc43)cc(N3CCC3=O)cc2n1C. The molecule has 1 fully saturated rings. The lowest BCUT2D eigenvalue weighted by molar-refractivity contribution is -0.122. The van der Waals surface area contributed by atoms with E-state index in [-0.39, 0.29) is 17.8 Å². The standard InChI is InChI=1S/C21H21FN4O2/c1-12-23-21-17(10-14(11-18(21)25(12)2)26-7-5-20(26)27)24-16-6-8-28-19-9-13(22)3-4-15(16)19/h3-4,9-11,16,24H,5-8H2,1-2H3. The minimum atomic E-state index is -0.305. The van der Waals surface area contributed by atoms with E-state index < -0.39 is 0 Å². The van der Waals surface area contributed by atoms with Crippen LogP contribution in [0.1, 0.15) is 30.3 Å². The molecule has 3 aromatic rings. The van der Waals surface area contributed by atoms with Crippen molar-refractivity contribution in [1.82, 2.24) is 9.55 Å². The average Bonchev–Trinajstić information content (AvgIpc) is 2.95. The first-order chi connectivity index (χ1) is 13.5. The van der Waals surface area contributed by atoms with Crippen molar-refractivity contribution in [2.75, 3.05) is 23.4 Å². The Balaban J connectivity index is 1.59. The monoisotopic (exact) mass is 380 g/mol. The molecule has 2 aromatic carbocycles. The molecule has 3 heterocycles. The summed E-state index contributed by atoms with van der Waals surface area (Å²) in [6, 6.07) is 8.65. The lowest BCUT2D eigenvalue weighted by Gasteiger charge is -2.32. The summed E-state index contributed by atoms with van der Waals surface area (Å²) in [5.41, 5.74) is 4.52. The first-order valence-corrected chi connectivity index (χ1v) is 9.47. The van der Waals surface area contributed by atoms with Gasteiger partial charge in [0.05, 0.1) is 23.9 Å². The van der Waals surface area contributed by atoms with Gasteiger partial charge in [-0.3, -0.25) is 4.79 Å². The summed E-state index contributed by atoms with van der Waals surface area (Å²) in [6.45, 7) is 3.22. The third-order valence-electron chi connectivity index (χ3n) is 5.70. The van der Waals surface area contributed by atoms with Crippen molar-refractivity contribution in [1.29, 1.82) is 0 Å². The second-order valence-electron chi connectivity index (χ2n) is 7.39. The number of ether oxygens (including phenoxy) is 1. The summed E-state index contributed by atoms with van der Waals surface area (Å²) in [6.07, 6.45) is 1.35. The zero-order valence-electron chi connectivity index (χ0n) is 15.8. The molecule has 1 atom stereocenters. The van der Waals surface area contributed by atoms with Crippen molar-refractivity contribution in [2.45, 2.75) is 25.8 Å². The molecule has 0 bridgehead atoms. The van der Waals surface area contributed by atoms with Crippen LogP contribution < -0.4 is 15.0 Å². The van der Waals surface area contributed by atoms with E-state index >= 15 is 0 Å². The number of nitrogens with one attached hydrogen (secondary N) is 1. The zero-order chi connectivity index (χ0) is 19.4. The number of hydrogen-bond acceptors (Lipinski definition) is 4. The van der Waals surface area contributed by atoms with Gasteiger partial charge in [0.25, 0.3) is 0 Å². The Hall–Kier alpha value is -3.09. The van der Waals surface area contributed by atoms with Gasteiger partial charge < -0.3 is 19.5 Å². The zero-order valence-corrected chi connectivity index (χ0v) is 15.8. The van der Waals surface area contributed by atoms with Gasteiger partial charge in [-0.1, -0.05) is 6.07 Å². The molecule has 2 aliphatic heterocycles. The Kier molecular flexibility index (Phi) is 3.79. The number of carbonyl (C=O) groups is 1. The number of hydrogen-bond donors (Lipinski definition) is 1. The molecular weight excluding hydrogens is 359 g/mol. The Morgan fingerprint density at radius 3 is 2.89 bits per heavy atom. The second kappa shape index (κ2) is 6.22. The van der Waals surface area contributed by atoms with Crippen molar-refractivity contribution in [3.8, 4) is 5.75 Å². The van der Waals surface area contributed by atoms with Gasteiger partial charge in [0, 0.05) is 43.8 Å². The molecule has 0 saturated carbocycles. The van der Waals surface area contributed by atoms with E-state index in [1.807, 2.05) is 30.7 Å². The summed E-state index contributed by atoms with van der Waals surface area (Å²) in [5.74, 6) is 1.31. The molecule has 144 valence electrons. The largest absolute Gasteiger partial charge is 0.493 e. The number of benzene rings is 2. The third-order valence-corrected chi connectivity index (χ3v) is 5.70. The summed E-state index contributed by atoms with van der Waals surface area (Å²) < 4.78 is 21.2. The van der Waals surface area contributed by atoms with E-state index in [2.05, 4.69) is 5.32 Å². The summed E-state index contributed by atoms with van der Waals surface area (Å²) >= 11 is 0. The van der Waals surface area contributed by atoms with E-state index in [1.165, 1.54) is 12.1 Å². The highest BCUT2D eigenvalue weighted by Crippen LogP contribution is 2.38. The topological polar surface area (TPSA) is 59.4 Å². The quantitative estimate of drug-likeness (QED) is 0.704. The van der Waals surface area contributed by atoms with Gasteiger partial charge >= 0.3 is 0 Å². The van der Waals surface area contributed by atoms with E-state index in [1.54, 1.807) is 11.0 Å². The highest BCUT2D eigenvalue weighted by Gasteiger charge is 2.28. The normalized spacial score (nSPS) is 18.6. The summed E-state index contributed by atoms with van der Waals surface area (Å²) in [7, 11) is 1.97. The fraction of sp³-hybridized carbons (Fsp3) is 0.333. The van der Waals surface area contributed by atoms with Gasteiger partial charge in [-0.25, -0.2) is 9.37 Å². The van der Waals surface area contributed by atoms with Crippen LogP contribution in [0.25, 0.3) is 11.0 Å². The van der Waals surface area contributed by atoms with Crippen LogP contribution in [0.2, 0.25) is 0 Å². The van der Waals surface area contributed by atoms with Gasteiger partial charge in [-0.05, 0) is 25.1 Å². The summed E-state index contributed by atoms with van der Waals surface area (Å²) in [4.78, 5) is 18.5. The number of imidazole rings is 1. The molecule has 6 nitrogen and oxygen atoms in total. The predicted molar refractivity (Wildman–Crippen MR) is 105 cm³/mol. The maximum Gasteiger partial charge on any atom is 0.228 e. The number of amides is 1. The maximum atomic E-state index is 13.6. The maximum absolute atomic E-state index is 13.6. The average molecular weight is 380 g/mol. The smallest absolute Gasteiger partial charge is 0.228 e. The molecule has 0 radical (unpaired) electrons. The van der Waals surface area contributed by atoms with Crippen LogP contribution >= 0.6 is 0 Å². The van der Waals surface area contributed by atoms with Crippen LogP contribution in [0.3, 0.4) is 0 Å². The summed E-state index contributed by atoms with van der Waals surface area (Å²) in [5, 5.41) is 3.58. The molecule has 0 spiro atoms. The number of nitrogens with zero attached hydrogens (tertiary/aromatic N) is 3. The molecule has 1 saturated heterocycles. The van der Waals surface area contributed by atoms with Crippen LogP contribution in [0.15, 0.2) is 30.3 Å². The molecule has 1 unspecified atom stereocenters. The highest BCUT2D eigenvalue weighted by molar-refractivity contribution is 6.03. The second-order valence-corrected chi connectivity index (χ2v) is 7.39. The Bertz CT molecular complexity index is 1110. The Labute approximate surface area is 161 Å². The van der Waals surface area contributed by atoms with E-state index in [0.29, 0.717) is 18.8 Å². The molecule has 1 amide bonds. The minimum absolute atomic E-state index is 0.0165. The number of carbonyl (C=O) groups excluding carboxylic acids is 1. The van der Waals surface area contributed by atoms with Gasteiger partial charge in [-0.2, -0.15) is 0 Å². The number of rotatable bonds is 3. The van der Waals surface area contributed by atoms with Gasteiger partial charge in [-0.15, -0.1) is 0 Å². The predicted octanol–water partition coefficient (Wildman–Crippen LogP) is 3.69. The van der Waals surface area contributed by atoms with Crippen molar-refractivity contribution in [3.05, 3.63) is 47.5 Å².